The van der Waals surface area contributed by atoms with Crippen molar-refractivity contribution in [2.45, 2.75) is 38.9 Å². The summed E-state index contributed by atoms with van der Waals surface area (Å²) >= 11 is 0. The molecule has 0 unspecified atom stereocenters. The number of hydrogen-bond acceptors (Lipinski definition) is 5. The maximum Gasteiger partial charge on any atom is 0.306 e. The maximum atomic E-state index is 14.3. The molecule has 0 amide bonds. The number of nitrogens with zero attached hydrogens (tertiary/aromatic N) is 3. The topological polar surface area (TPSA) is 79.5 Å². The van der Waals surface area contributed by atoms with E-state index in [-0.39, 0.29) is 23.4 Å². The van der Waals surface area contributed by atoms with Gasteiger partial charge in [-0.25, -0.2) is 13.2 Å². The number of carbonyl (C=O) groups is 1. The Morgan fingerprint density at radius 1 is 0.973 bits per heavy atom. The summed E-state index contributed by atoms with van der Waals surface area (Å²) in [6, 6.07) is 12.7. The van der Waals surface area contributed by atoms with Gasteiger partial charge in [0.1, 0.15) is 5.82 Å². The van der Waals surface area contributed by atoms with Crippen LogP contribution >= 0.6 is 0 Å². The Bertz CT molecular complexity index is 1550. The lowest BCUT2D eigenvalue weighted by atomic mass is 9.79. The number of aromatic nitrogens is 2. The number of benzene rings is 3. The number of rotatable bonds is 5. The van der Waals surface area contributed by atoms with Gasteiger partial charge in [0.05, 0.1) is 5.92 Å². The molecular formula is C28H22F3N3O3. The van der Waals surface area contributed by atoms with E-state index in [1.165, 1.54) is 5.56 Å². The number of halogens is 3. The van der Waals surface area contributed by atoms with Crippen LogP contribution in [0.1, 0.15) is 29.5 Å². The molecule has 1 saturated carbocycles. The normalized spacial score (nSPS) is 19.0. The van der Waals surface area contributed by atoms with Gasteiger partial charge in [0, 0.05) is 41.9 Å². The predicted molar refractivity (Wildman–Crippen MR) is 129 cm³/mol. The lowest BCUT2D eigenvalue weighted by Crippen LogP contribution is -2.44. The summed E-state index contributed by atoms with van der Waals surface area (Å²) in [5, 5.41) is 13.3. The van der Waals surface area contributed by atoms with Gasteiger partial charge in [0.15, 0.2) is 11.6 Å². The molecule has 4 aromatic rings. The van der Waals surface area contributed by atoms with E-state index < -0.39 is 23.4 Å². The Kier molecular flexibility index (Phi) is 5.60. The van der Waals surface area contributed by atoms with E-state index in [9.17, 15) is 18.0 Å². The fourth-order valence-corrected chi connectivity index (χ4v) is 5.21. The molecule has 1 aromatic heterocycles. The van der Waals surface area contributed by atoms with Crippen molar-refractivity contribution in [3.05, 3.63) is 82.7 Å². The van der Waals surface area contributed by atoms with E-state index in [4.69, 9.17) is 9.63 Å². The van der Waals surface area contributed by atoms with Gasteiger partial charge in [-0.05, 0) is 66.3 Å². The average molecular weight is 505 g/mol. The molecule has 1 fully saturated rings. The molecule has 6 rings (SSSR count). The van der Waals surface area contributed by atoms with Crippen molar-refractivity contribution >= 4 is 5.97 Å². The molecule has 2 heterocycles. The largest absolute Gasteiger partial charge is 0.481 e. The van der Waals surface area contributed by atoms with Crippen molar-refractivity contribution < 1.29 is 27.6 Å². The second-order valence-electron chi connectivity index (χ2n) is 9.75. The molecule has 1 aliphatic heterocycles. The van der Waals surface area contributed by atoms with Crippen LogP contribution < -0.4 is 0 Å². The van der Waals surface area contributed by atoms with E-state index in [1.807, 2.05) is 18.2 Å². The van der Waals surface area contributed by atoms with E-state index in [0.29, 0.717) is 41.4 Å². The fourth-order valence-electron chi connectivity index (χ4n) is 5.21. The molecule has 9 heteroatoms. The number of fused-ring (bicyclic) bond motifs is 1. The van der Waals surface area contributed by atoms with Crippen LogP contribution in [0, 0.1) is 30.3 Å². The third-order valence-corrected chi connectivity index (χ3v) is 7.37. The third kappa shape index (κ3) is 4.19. The molecule has 2 aliphatic rings. The van der Waals surface area contributed by atoms with Crippen LogP contribution in [0.15, 0.2) is 53.1 Å². The summed E-state index contributed by atoms with van der Waals surface area (Å²) in [6.45, 7) is 3.26. The first-order chi connectivity index (χ1) is 17.8. The SMILES string of the molecule is Cc1cc(-c2nc(-c3ccc4c(c3)CN([C@H]3C[C@H](C(=O)O)C3)C4)no2)ccc1-c1cc(F)cc(F)c1F. The molecule has 3 aromatic carbocycles. The van der Waals surface area contributed by atoms with Crippen molar-refractivity contribution in [1.29, 1.82) is 0 Å². The van der Waals surface area contributed by atoms with Gasteiger partial charge >= 0.3 is 5.97 Å². The van der Waals surface area contributed by atoms with Crippen LogP contribution in [0.3, 0.4) is 0 Å². The van der Waals surface area contributed by atoms with Gasteiger partial charge in [0.25, 0.3) is 5.89 Å². The summed E-state index contributed by atoms with van der Waals surface area (Å²) in [5.74, 6) is -3.47. The van der Waals surface area contributed by atoms with Gasteiger partial charge in [-0.15, -0.1) is 0 Å². The van der Waals surface area contributed by atoms with Crippen molar-refractivity contribution in [3.63, 3.8) is 0 Å². The van der Waals surface area contributed by atoms with Crippen LogP contribution in [-0.2, 0) is 17.9 Å². The van der Waals surface area contributed by atoms with Crippen LogP contribution in [0.25, 0.3) is 34.0 Å². The van der Waals surface area contributed by atoms with Gasteiger partial charge in [-0.1, -0.05) is 23.4 Å². The van der Waals surface area contributed by atoms with Crippen molar-refractivity contribution in [2.24, 2.45) is 5.92 Å². The Balaban J connectivity index is 1.21. The Hall–Kier alpha value is -3.98. The minimum absolute atomic E-state index is 0.152. The van der Waals surface area contributed by atoms with Gasteiger partial charge in [0.2, 0.25) is 5.82 Å². The summed E-state index contributed by atoms with van der Waals surface area (Å²) < 4.78 is 47.2. The smallest absolute Gasteiger partial charge is 0.306 e. The summed E-state index contributed by atoms with van der Waals surface area (Å²) in [4.78, 5) is 18.0. The predicted octanol–water partition coefficient (Wildman–Crippen LogP) is 5.98. The van der Waals surface area contributed by atoms with Crippen molar-refractivity contribution in [2.75, 3.05) is 0 Å². The molecule has 37 heavy (non-hydrogen) atoms. The monoisotopic (exact) mass is 505 g/mol. The minimum Gasteiger partial charge on any atom is -0.481 e. The number of carboxylic acids is 1. The van der Waals surface area contributed by atoms with E-state index >= 15 is 0 Å². The van der Waals surface area contributed by atoms with Crippen LogP contribution in [0.2, 0.25) is 0 Å². The lowest BCUT2D eigenvalue weighted by Gasteiger charge is -2.39. The highest BCUT2D eigenvalue weighted by molar-refractivity contribution is 5.72. The molecule has 6 nitrogen and oxygen atoms in total. The van der Waals surface area contributed by atoms with Crippen LogP contribution in [0.5, 0.6) is 0 Å². The molecular weight excluding hydrogens is 483 g/mol. The Morgan fingerprint density at radius 2 is 1.73 bits per heavy atom. The van der Waals surface area contributed by atoms with Gasteiger partial charge < -0.3 is 9.63 Å². The molecule has 188 valence electrons. The first-order valence-corrected chi connectivity index (χ1v) is 12.0. The van der Waals surface area contributed by atoms with E-state index in [0.717, 1.165) is 30.3 Å². The molecule has 0 bridgehead atoms. The summed E-state index contributed by atoms with van der Waals surface area (Å²) in [7, 11) is 0. The zero-order chi connectivity index (χ0) is 25.8. The summed E-state index contributed by atoms with van der Waals surface area (Å²) in [5.41, 5.74) is 4.58. The van der Waals surface area contributed by atoms with E-state index in [1.54, 1.807) is 25.1 Å². The molecule has 0 saturated heterocycles. The Morgan fingerprint density at radius 3 is 2.49 bits per heavy atom. The standard InChI is InChI=1S/C28H22F3N3O3/c1-14-6-16(4-5-22(14)23-10-20(29)11-24(30)25(23)31)27-32-26(33-37-27)15-2-3-17-12-34(13-19(17)7-15)21-8-18(9-21)28(35)36/h2-7,10-11,18,21H,8-9,12-13H2,1H3,(H,35,36)/t18-,21-. The second kappa shape index (κ2) is 8.85. The highest BCUT2D eigenvalue weighted by Crippen LogP contribution is 2.38. The maximum absolute atomic E-state index is 14.3. The number of carboxylic acid groups (broad SMARTS) is 1. The highest BCUT2D eigenvalue weighted by Gasteiger charge is 2.39. The number of hydrogen-bond donors (Lipinski definition) is 1. The van der Waals surface area contributed by atoms with E-state index in [2.05, 4.69) is 15.0 Å². The lowest BCUT2D eigenvalue weighted by molar-refractivity contribution is -0.147. The second-order valence-corrected chi connectivity index (χ2v) is 9.75. The molecule has 0 spiro atoms. The first kappa shape index (κ1) is 23.4. The third-order valence-electron chi connectivity index (χ3n) is 7.37. The quantitative estimate of drug-likeness (QED) is 0.337. The van der Waals surface area contributed by atoms with Crippen LogP contribution in [0.4, 0.5) is 13.2 Å². The molecule has 1 aliphatic carbocycles. The minimum atomic E-state index is -1.24. The number of aryl methyl sites for hydroxylation is 1. The van der Waals surface area contributed by atoms with Crippen molar-refractivity contribution in [1.82, 2.24) is 15.0 Å². The highest BCUT2D eigenvalue weighted by atomic mass is 19.2. The zero-order valence-electron chi connectivity index (χ0n) is 19.8. The molecule has 0 radical (unpaired) electrons. The molecule has 1 N–H and O–H groups in total. The zero-order valence-corrected chi connectivity index (χ0v) is 19.8. The summed E-state index contributed by atoms with van der Waals surface area (Å²) in [6.07, 6.45) is 1.37. The average Bonchev–Trinajstić information content (AvgIpc) is 3.47. The number of aliphatic carboxylic acids is 1. The van der Waals surface area contributed by atoms with Gasteiger partial charge in [-0.3, -0.25) is 9.69 Å². The van der Waals surface area contributed by atoms with Crippen molar-refractivity contribution in [3.8, 4) is 34.0 Å². The Labute approximate surface area is 210 Å². The first-order valence-electron chi connectivity index (χ1n) is 12.0. The molecule has 0 atom stereocenters. The van der Waals surface area contributed by atoms with Crippen LogP contribution in [-0.4, -0.2) is 32.2 Å². The fraction of sp³-hybridized carbons (Fsp3) is 0.250. The van der Waals surface area contributed by atoms with Gasteiger partial charge in [-0.2, -0.15) is 4.98 Å².